The summed E-state index contributed by atoms with van der Waals surface area (Å²) in [4.78, 5) is 19.3. The first-order valence-electron chi connectivity index (χ1n) is 6.11. The van der Waals surface area contributed by atoms with Gasteiger partial charge in [0.2, 0.25) is 0 Å². The van der Waals surface area contributed by atoms with Gasteiger partial charge in [-0.1, -0.05) is 30.3 Å². The molecule has 0 aliphatic rings. The van der Waals surface area contributed by atoms with E-state index >= 15 is 0 Å². The van der Waals surface area contributed by atoms with Crippen LogP contribution in [-0.2, 0) is 0 Å². The quantitative estimate of drug-likeness (QED) is 0.844. The lowest BCUT2D eigenvalue weighted by Crippen LogP contribution is -2.27. The highest BCUT2D eigenvalue weighted by atomic mass is 16.1. The molecule has 0 bridgehead atoms. The summed E-state index contributed by atoms with van der Waals surface area (Å²) >= 11 is 0. The SMILES string of the molecule is NC(CCNC(=O)c1cncnc1)c1ccccc1. The van der Waals surface area contributed by atoms with E-state index in [1.54, 1.807) is 0 Å². The zero-order valence-electron chi connectivity index (χ0n) is 10.5. The number of hydrogen-bond acceptors (Lipinski definition) is 4. The zero-order chi connectivity index (χ0) is 13.5. The van der Waals surface area contributed by atoms with Crippen LogP contribution in [0.15, 0.2) is 49.1 Å². The predicted octanol–water partition coefficient (Wildman–Crippen LogP) is 1.30. The summed E-state index contributed by atoms with van der Waals surface area (Å²) in [6, 6.07) is 9.75. The molecule has 0 saturated carbocycles. The van der Waals surface area contributed by atoms with E-state index in [1.807, 2.05) is 30.3 Å². The Balaban J connectivity index is 1.79. The highest BCUT2D eigenvalue weighted by molar-refractivity contribution is 5.93. The van der Waals surface area contributed by atoms with Gasteiger partial charge in [0.05, 0.1) is 5.56 Å². The Hall–Kier alpha value is -2.27. The lowest BCUT2D eigenvalue weighted by molar-refractivity contribution is 0.0952. The third-order valence-electron chi connectivity index (χ3n) is 2.79. The minimum absolute atomic E-state index is 0.0754. The van der Waals surface area contributed by atoms with Gasteiger partial charge in [-0.25, -0.2) is 9.97 Å². The molecule has 1 aromatic heterocycles. The summed E-state index contributed by atoms with van der Waals surface area (Å²) in [6.07, 6.45) is 5.05. The van der Waals surface area contributed by atoms with E-state index in [0.29, 0.717) is 18.5 Å². The molecule has 5 nitrogen and oxygen atoms in total. The number of carbonyl (C=O) groups excluding carboxylic acids is 1. The van der Waals surface area contributed by atoms with Crippen molar-refractivity contribution in [1.82, 2.24) is 15.3 Å². The molecule has 3 N–H and O–H groups in total. The maximum absolute atomic E-state index is 11.7. The van der Waals surface area contributed by atoms with E-state index < -0.39 is 0 Å². The molecule has 0 radical (unpaired) electrons. The van der Waals surface area contributed by atoms with Crippen molar-refractivity contribution >= 4 is 5.91 Å². The molecule has 1 amide bonds. The number of nitrogens with one attached hydrogen (secondary N) is 1. The summed E-state index contributed by atoms with van der Waals surface area (Å²) < 4.78 is 0. The molecule has 1 aromatic carbocycles. The Morgan fingerprint density at radius 2 is 1.89 bits per heavy atom. The highest BCUT2D eigenvalue weighted by Crippen LogP contribution is 2.12. The molecule has 98 valence electrons. The molecule has 2 rings (SSSR count). The van der Waals surface area contributed by atoms with Gasteiger partial charge in [-0.2, -0.15) is 0 Å². The summed E-state index contributed by atoms with van der Waals surface area (Å²) in [7, 11) is 0. The summed E-state index contributed by atoms with van der Waals surface area (Å²) in [5, 5.41) is 2.80. The van der Waals surface area contributed by atoms with Crippen LogP contribution in [0.3, 0.4) is 0 Å². The number of benzene rings is 1. The molecule has 1 heterocycles. The molecule has 0 aliphatic heterocycles. The average Bonchev–Trinajstić information content (AvgIpc) is 2.49. The Kier molecular flexibility index (Phi) is 4.58. The number of carbonyl (C=O) groups is 1. The van der Waals surface area contributed by atoms with Crippen molar-refractivity contribution in [2.24, 2.45) is 5.73 Å². The molecule has 2 aromatic rings. The van der Waals surface area contributed by atoms with Gasteiger partial charge in [0, 0.05) is 25.0 Å². The van der Waals surface area contributed by atoms with E-state index in [0.717, 1.165) is 5.56 Å². The fourth-order valence-electron chi connectivity index (χ4n) is 1.73. The Bertz CT molecular complexity index is 515. The largest absolute Gasteiger partial charge is 0.352 e. The maximum Gasteiger partial charge on any atom is 0.254 e. The standard InChI is InChI=1S/C14H16N4O/c15-13(11-4-2-1-3-5-11)6-7-18-14(19)12-8-16-10-17-9-12/h1-5,8-10,13H,6-7,15H2,(H,18,19). The molecule has 0 spiro atoms. The molecule has 0 fully saturated rings. The molecule has 0 saturated heterocycles. The molecule has 1 atom stereocenters. The van der Waals surface area contributed by atoms with Crippen LogP contribution >= 0.6 is 0 Å². The van der Waals surface area contributed by atoms with E-state index in [4.69, 9.17) is 5.73 Å². The summed E-state index contributed by atoms with van der Waals surface area (Å²) in [6.45, 7) is 0.518. The smallest absolute Gasteiger partial charge is 0.254 e. The van der Waals surface area contributed by atoms with Crippen molar-refractivity contribution in [3.05, 3.63) is 60.2 Å². The maximum atomic E-state index is 11.7. The summed E-state index contributed by atoms with van der Waals surface area (Å²) in [5.41, 5.74) is 7.57. The first kappa shape index (κ1) is 13.2. The van der Waals surface area contributed by atoms with Crippen molar-refractivity contribution in [1.29, 1.82) is 0 Å². The second-order valence-electron chi connectivity index (χ2n) is 4.19. The highest BCUT2D eigenvalue weighted by Gasteiger charge is 2.08. The normalized spacial score (nSPS) is 11.8. The fourth-order valence-corrected chi connectivity index (χ4v) is 1.73. The molecular formula is C14H16N4O. The topological polar surface area (TPSA) is 80.9 Å². The van der Waals surface area contributed by atoms with Gasteiger partial charge < -0.3 is 11.1 Å². The van der Waals surface area contributed by atoms with E-state index in [-0.39, 0.29) is 11.9 Å². The summed E-state index contributed by atoms with van der Waals surface area (Å²) in [5.74, 6) is -0.180. The minimum Gasteiger partial charge on any atom is -0.352 e. The van der Waals surface area contributed by atoms with Crippen molar-refractivity contribution < 1.29 is 4.79 Å². The van der Waals surface area contributed by atoms with Crippen LogP contribution in [0.1, 0.15) is 28.4 Å². The van der Waals surface area contributed by atoms with Crippen molar-refractivity contribution in [3.63, 3.8) is 0 Å². The second-order valence-corrected chi connectivity index (χ2v) is 4.19. The van der Waals surface area contributed by atoms with Crippen molar-refractivity contribution in [3.8, 4) is 0 Å². The first-order chi connectivity index (χ1) is 9.27. The Morgan fingerprint density at radius 1 is 1.21 bits per heavy atom. The van der Waals surface area contributed by atoms with Crippen molar-refractivity contribution in [2.45, 2.75) is 12.5 Å². The molecular weight excluding hydrogens is 240 g/mol. The lowest BCUT2D eigenvalue weighted by Gasteiger charge is -2.12. The number of nitrogens with zero attached hydrogens (tertiary/aromatic N) is 2. The second kappa shape index (κ2) is 6.61. The van der Waals surface area contributed by atoms with E-state index in [2.05, 4.69) is 15.3 Å². The molecule has 19 heavy (non-hydrogen) atoms. The predicted molar refractivity (Wildman–Crippen MR) is 72.4 cm³/mol. The van der Waals surface area contributed by atoms with Crippen LogP contribution in [0.2, 0.25) is 0 Å². The van der Waals surface area contributed by atoms with Crippen molar-refractivity contribution in [2.75, 3.05) is 6.54 Å². The fraction of sp³-hybridized carbons (Fsp3) is 0.214. The van der Waals surface area contributed by atoms with Crippen LogP contribution in [0.4, 0.5) is 0 Å². The van der Waals surface area contributed by atoms with Gasteiger partial charge in [0.25, 0.3) is 5.91 Å². The van der Waals surface area contributed by atoms with Crippen LogP contribution < -0.4 is 11.1 Å². The monoisotopic (exact) mass is 256 g/mol. The minimum atomic E-state index is -0.180. The van der Waals surface area contributed by atoms with Gasteiger partial charge >= 0.3 is 0 Å². The first-order valence-corrected chi connectivity index (χ1v) is 6.11. The lowest BCUT2D eigenvalue weighted by atomic mass is 10.1. The Labute approximate surface area is 111 Å². The third-order valence-corrected chi connectivity index (χ3v) is 2.79. The van der Waals surface area contributed by atoms with Crippen LogP contribution in [0, 0.1) is 0 Å². The zero-order valence-corrected chi connectivity index (χ0v) is 10.5. The van der Waals surface area contributed by atoms with E-state index in [9.17, 15) is 4.79 Å². The molecule has 5 heteroatoms. The van der Waals surface area contributed by atoms with E-state index in [1.165, 1.54) is 18.7 Å². The van der Waals surface area contributed by atoms with Gasteiger partial charge in [0.1, 0.15) is 6.33 Å². The van der Waals surface area contributed by atoms with Crippen LogP contribution in [0.25, 0.3) is 0 Å². The van der Waals surface area contributed by atoms with Crippen LogP contribution in [-0.4, -0.2) is 22.4 Å². The van der Waals surface area contributed by atoms with Gasteiger partial charge in [-0.3, -0.25) is 4.79 Å². The number of aromatic nitrogens is 2. The number of amides is 1. The van der Waals surface area contributed by atoms with Gasteiger partial charge in [0.15, 0.2) is 0 Å². The number of nitrogens with two attached hydrogens (primary N) is 1. The van der Waals surface area contributed by atoms with Gasteiger partial charge in [-0.15, -0.1) is 0 Å². The molecule has 1 unspecified atom stereocenters. The number of rotatable bonds is 5. The Morgan fingerprint density at radius 3 is 2.58 bits per heavy atom. The third kappa shape index (κ3) is 3.86. The van der Waals surface area contributed by atoms with Crippen LogP contribution in [0.5, 0.6) is 0 Å². The van der Waals surface area contributed by atoms with Gasteiger partial charge in [-0.05, 0) is 12.0 Å². The average molecular weight is 256 g/mol. The molecule has 0 aliphatic carbocycles. The number of hydrogen-bond donors (Lipinski definition) is 2.